The Kier molecular flexibility index (Phi) is 10.2. The fourth-order valence-corrected chi connectivity index (χ4v) is 3.77. The van der Waals surface area contributed by atoms with E-state index < -0.39 is 18.6 Å². The van der Waals surface area contributed by atoms with Crippen LogP contribution in [0.5, 0.6) is 5.75 Å². The number of ether oxygens (including phenoxy) is 1. The number of nitrogens with one attached hydrogen (secondary N) is 2. The summed E-state index contributed by atoms with van der Waals surface area (Å²) < 4.78 is 5.16. The zero-order valence-corrected chi connectivity index (χ0v) is 20.4. The molecule has 0 aliphatic carbocycles. The van der Waals surface area contributed by atoms with Crippen LogP contribution in [0.2, 0.25) is 0 Å². The SMILES string of the molecule is N#Cc1cc(C[C@H](NC(=O)c2ccccc2)C(=O)NCCCCc2ccccc2)ccc1OCC(=O)O. The second kappa shape index (κ2) is 14.0. The van der Waals surface area contributed by atoms with Crippen molar-refractivity contribution in [1.82, 2.24) is 10.6 Å². The topological polar surface area (TPSA) is 129 Å². The Morgan fingerprint density at radius 3 is 2.30 bits per heavy atom. The van der Waals surface area contributed by atoms with Gasteiger partial charge in [-0.1, -0.05) is 54.6 Å². The van der Waals surface area contributed by atoms with Crippen LogP contribution in [-0.4, -0.2) is 42.1 Å². The average molecular weight is 500 g/mol. The number of amides is 2. The Morgan fingerprint density at radius 1 is 0.919 bits per heavy atom. The van der Waals surface area contributed by atoms with Crippen LogP contribution in [0.4, 0.5) is 0 Å². The van der Waals surface area contributed by atoms with Crippen LogP contribution in [0, 0.1) is 11.3 Å². The fourth-order valence-electron chi connectivity index (χ4n) is 3.77. The van der Waals surface area contributed by atoms with Crippen molar-refractivity contribution < 1.29 is 24.2 Å². The van der Waals surface area contributed by atoms with Gasteiger partial charge in [0.25, 0.3) is 5.91 Å². The molecule has 0 saturated carbocycles. The van der Waals surface area contributed by atoms with E-state index in [9.17, 15) is 19.6 Å². The Bertz CT molecular complexity index is 1240. The predicted octanol–water partition coefficient (Wildman–Crippen LogP) is 3.50. The molecule has 0 spiro atoms. The van der Waals surface area contributed by atoms with Crippen molar-refractivity contribution in [1.29, 1.82) is 5.26 Å². The molecule has 0 unspecified atom stereocenters. The molecule has 8 heteroatoms. The third kappa shape index (κ3) is 8.82. The van der Waals surface area contributed by atoms with E-state index >= 15 is 0 Å². The number of carbonyl (C=O) groups excluding carboxylic acids is 2. The van der Waals surface area contributed by atoms with E-state index in [1.807, 2.05) is 24.3 Å². The van der Waals surface area contributed by atoms with Gasteiger partial charge in [-0.15, -0.1) is 0 Å². The van der Waals surface area contributed by atoms with Crippen LogP contribution in [-0.2, 0) is 22.4 Å². The van der Waals surface area contributed by atoms with Crippen molar-refractivity contribution in [3.63, 3.8) is 0 Å². The monoisotopic (exact) mass is 499 g/mol. The number of carboxylic acid groups (broad SMARTS) is 1. The summed E-state index contributed by atoms with van der Waals surface area (Å²) in [4.78, 5) is 36.6. The largest absolute Gasteiger partial charge is 0.481 e. The molecular formula is C29H29N3O5. The number of unbranched alkanes of at least 4 members (excludes halogenated alkanes) is 1. The molecule has 37 heavy (non-hydrogen) atoms. The number of carbonyl (C=O) groups is 3. The number of hydrogen-bond donors (Lipinski definition) is 3. The minimum absolute atomic E-state index is 0.140. The van der Waals surface area contributed by atoms with E-state index in [4.69, 9.17) is 9.84 Å². The Balaban J connectivity index is 1.65. The summed E-state index contributed by atoms with van der Waals surface area (Å²) in [7, 11) is 0. The highest BCUT2D eigenvalue weighted by molar-refractivity contribution is 5.97. The van der Waals surface area contributed by atoms with Gasteiger partial charge in [-0.25, -0.2) is 4.79 Å². The van der Waals surface area contributed by atoms with Crippen molar-refractivity contribution >= 4 is 17.8 Å². The summed E-state index contributed by atoms with van der Waals surface area (Å²) in [5, 5.41) is 24.0. The van der Waals surface area contributed by atoms with Crippen molar-refractivity contribution in [2.75, 3.05) is 13.2 Å². The molecule has 2 amide bonds. The molecular weight excluding hydrogens is 470 g/mol. The lowest BCUT2D eigenvalue weighted by Gasteiger charge is -2.19. The zero-order chi connectivity index (χ0) is 26.5. The summed E-state index contributed by atoms with van der Waals surface area (Å²) >= 11 is 0. The van der Waals surface area contributed by atoms with Gasteiger partial charge < -0.3 is 20.5 Å². The van der Waals surface area contributed by atoms with E-state index in [1.54, 1.807) is 36.4 Å². The molecule has 3 aromatic rings. The molecule has 0 saturated heterocycles. The number of aliphatic carboxylic acids is 1. The number of aryl methyl sites for hydroxylation is 1. The minimum atomic E-state index is -1.16. The molecule has 0 bridgehead atoms. The van der Waals surface area contributed by atoms with Gasteiger partial charge in [-0.05, 0) is 54.7 Å². The van der Waals surface area contributed by atoms with Gasteiger partial charge in [0.15, 0.2) is 6.61 Å². The first kappa shape index (κ1) is 27.0. The van der Waals surface area contributed by atoms with Gasteiger partial charge >= 0.3 is 5.97 Å². The van der Waals surface area contributed by atoms with Crippen molar-refractivity contribution in [2.24, 2.45) is 0 Å². The number of hydrogen-bond acceptors (Lipinski definition) is 5. The normalized spacial score (nSPS) is 11.1. The predicted molar refractivity (Wildman–Crippen MR) is 138 cm³/mol. The van der Waals surface area contributed by atoms with Crippen molar-refractivity contribution in [2.45, 2.75) is 31.7 Å². The molecule has 0 aromatic heterocycles. The average Bonchev–Trinajstić information content (AvgIpc) is 2.92. The maximum Gasteiger partial charge on any atom is 0.341 e. The molecule has 1 atom stereocenters. The summed E-state index contributed by atoms with van der Waals surface area (Å²) in [6.07, 6.45) is 2.75. The van der Waals surface area contributed by atoms with Crippen molar-refractivity contribution in [3.8, 4) is 11.8 Å². The highest BCUT2D eigenvalue weighted by Gasteiger charge is 2.22. The van der Waals surface area contributed by atoms with Gasteiger partial charge in [-0.2, -0.15) is 5.26 Å². The maximum absolute atomic E-state index is 13.1. The van der Waals surface area contributed by atoms with Crippen LogP contribution >= 0.6 is 0 Å². The van der Waals surface area contributed by atoms with E-state index in [2.05, 4.69) is 22.8 Å². The zero-order valence-electron chi connectivity index (χ0n) is 20.4. The Hall–Kier alpha value is -4.64. The van der Waals surface area contributed by atoms with Crippen LogP contribution in [0.25, 0.3) is 0 Å². The van der Waals surface area contributed by atoms with Gasteiger partial charge in [0.2, 0.25) is 5.91 Å². The Labute approximate surface area is 215 Å². The highest BCUT2D eigenvalue weighted by Crippen LogP contribution is 2.20. The molecule has 3 N–H and O–H groups in total. The van der Waals surface area contributed by atoms with Crippen LogP contribution in [0.1, 0.15) is 39.9 Å². The molecule has 0 heterocycles. The molecule has 0 radical (unpaired) electrons. The molecule has 0 fully saturated rings. The quantitative estimate of drug-likeness (QED) is 0.309. The first-order valence-electron chi connectivity index (χ1n) is 12.0. The van der Waals surface area contributed by atoms with E-state index in [0.717, 1.165) is 19.3 Å². The number of nitriles is 1. The summed E-state index contributed by atoms with van der Waals surface area (Å²) in [5.41, 5.74) is 2.44. The summed E-state index contributed by atoms with van der Waals surface area (Å²) in [6, 6.07) is 24.5. The molecule has 0 aliphatic rings. The van der Waals surface area contributed by atoms with Crippen LogP contribution in [0.15, 0.2) is 78.9 Å². The molecule has 190 valence electrons. The van der Waals surface area contributed by atoms with Gasteiger partial charge in [0.1, 0.15) is 17.9 Å². The molecule has 0 aliphatic heterocycles. The first-order chi connectivity index (χ1) is 18.0. The smallest absolute Gasteiger partial charge is 0.341 e. The lowest BCUT2D eigenvalue weighted by Crippen LogP contribution is -2.48. The van der Waals surface area contributed by atoms with Gasteiger partial charge in [0, 0.05) is 18.5 Å². The van der Waals surface area contributed by atoms with Crippen LogP contribution < -0.4 is 15.4 Å². The number of carboxylic acids is 1. The van der Waals surface area contributed by atoms with Gasteiger partial charge in [0.05, 0.1) is 5.56 Å². The van der Waals surface area contributed by atoms with Gasteiger partial charge in [-0.3, -0.25) is 9.59 Å². The molecule has 3 aromatic carbocycles. The lowest BCUT2D eigenvalue weighted by molar-refractivity contribution is -0.139. The third-order valence-electron chi connectivity index (χ3n) is 5.65. The maximum atomic E-state index is 13.1. The highest BCUT2D eigenvalue weighted by atomic mass is 16.5. The fraction of sp³-hybridized carbons (Fsp3) is 0.241. The molecule has 8 nitrogen and oxygen atoms in total. The third-order valence-corrected chi connectivity index (χ3v) is 5.65. The first-order valence-corrected chi connectivity index (χ1v) is 12.0. The van der Waals surface area contributed by atoms with E-state index in [1.165, 1.54) is 17.7 Å². The summed E-state index contributed by atoms with van der Waals surface area (Å²) in [6.45, 7) is -0.106. The number of benzene rings is 3. The standard InChI is InChI=1S/C29H29N3O5/c30-19-24-17-22(14-15-26(24)37-20-27(33)34)18-25(32-28(35)23-12-5-2-6-13-23)29(36)31-16-8-7-11-21-9-3-1-4-10-21/h1-6,9-10,12-15,17,25H,7-8,11,16,18,20H2,(H,31,36)(H,32,35)(H,33,34)/t25-/m0/s1. The second-order valence-corrected chi connectivity index (χ2v) is 8.45. The Morgan fingerprint density at radius 2 is 1.62 bits per heavy atom. The van der Waals surface area contributed by atoms with E-state index in [0.29, 0.717) is 17.7 Å². The second-order valence-electron chi connectivity index (χ2n) is 8.45. The van der Waals surface area contributed by atoms with Crippen molar-refractivity contribution in [3.05, 3.63) is 101 Å². The summed E-state index contributed by atoms with van der Waals surface area (Å²) in [5.74, 6) is -1.72. The number of rotatable bonds is 13. The van der Waals surface area contributed by atoms with Crippen LogP contribution in [0.3, 0.4) is 0 Å². The minimum Gasteiger partial charge on any atom is -0.481 e. The number of nitrogens with zero attached hydrogens (tertiary/aromatic N) is 1. The lowest BCUT2D eigenvalue weighted by atomic mass is 10.0. The van der Waals surface area contributed by atoms with E-state index in [-0.39, 0.29) is 29.5 Å². The molecule has 3 rings (SSSR count).